The third kappa shape index (κ3) is 4.39. The van der Waals surface area contributed by atoms with Crippen molar-refractivity contribution < 1.29 is 18.0 Å². The van der Waals surface area contributed by atoms with E-state index in [1.807, 2.05) is 25.1 Å². The number of hydrogen-bond donors (Lipinski definition) is 1. The first-order valence-electron chi connectivity index (χ1n) is 9.76. The Hall–Kier alpha value is -3.10. The molecule has 1 fully saturated rings. The number of carbonyl (C=O) groups excluding carboxylic acids is 1. The van der Waals surface area contributed by atoms with Gasteiger partial charge in [-0.2, -0.15) is 23.4 Å². The molecule has 1 unspecified atom stereocenters. The highest BCUT2D eigenvalue weighted by atomic mass is 19.4. The number of amides is 1. The van der Waals surface area contributed by atoms with E-state index in [1.165, 1.54) is 10.9 Å². The van der Waals surface area contributed by atoms with Gasteiger partial charge in [0.2, 0.25) is 5.91 Å². The number of alkyl halides is 3. The van der Waals surface area contributed by atoms with E-state index in [2.05, 4.69) is 21.6 Å². The highest BCUT2D eigenvalue weighted by Crippen LogP contribution is 2.43. The molecule has 0 bridgehead atoms. The topological polar surface area (TPSA) is 64.7 Å². The molecule has 0 aliphatic heterocycles. The molecule has 1 aliphatic rings. The Morgan fingerprint density at radius 2 is 2.07 bits per heavy atom. The summed E-state index contributed by atoms with van der Waals surface area (Å²) in [5, 5.41) is 10.7. The number of rotatable bonds is 6. The number of carbonyl (C=O) groups is 1. The second-order valence-corrected chi connectivity index (χ2v) is 7.75. The van der Waals surface area contributed by atoms with Gasteiger partial charge in [-0.05, 0) is 38.3 Å². The lowest BCUT2D eigenvalue weighted by Gasteiger charge is -2.15. The molecular weight excluding hydrogens is 395 g/mol. The van der Waals surface area contributed by atoms with E-state index in [0.717, 1.165) is 30.0 Å². The van der Waals surface area contributed by atoms with Crippen molar-refractivity contribution in [2.45, 2.75) is 51.4 Å². The number of hydrogen-bond acceptors (Lipinski definition) is 3. The fraction of sp³-hybridized carbons (Fsp3) is 0.381. The lowest BCUT2D eigenvalue weighted by molar-refractivity contribution is -0.141. The summed E-state index contributed by atoms with van der Waals surface area (Å²) in [5.41, 5.74) is 2.20. The monoisotopic (exact) mass is 417 g/mol. The van der Waals surface area contributed by atoms with Crippen molar-refractivity contribution >= 4 is 11.6 Å². The maximum Gasteiger partial charge on any atom is 0.435 e. The SMILES string of the molecule is Cc1cccc(Cn2cc(NC(=O)C(C)n3nc(C(F)(F)F)cc3C3CC3)cn2)c1. The van der Waals surface area contributed by atoms with Gasteiger partial charge in [-0.25, -0.2) is 0 Å². The van der Waals surface area contributed by atoms with Gasteiger partial charge in [0.25, 0.3) is 0 Å². The minimum absolute atomic E-state index is 0.0286. The maximum atomic E-state index is 13.1. The molecule has 4 rings (SSSR count). The fourth-order valence-corrected chi connectivity index (χ4v) is 3.41. The van der Waals surface area contributed by atoms with Crippen molar-refractivity contribution in [3.05, 3.63) is 65.2 Å². The first-order chi connectivity index (χ1) is 14.2. The summed E-state index contributed by atoms with van der Waals surface area (Å²) in [6.45, 7) is 4.10. The molecule has 1 aromatic carbocycles. The van der Waals surface area contributed by atoms with Crippen LogP contribution in [0.1, 0.15) is 54.2 Å². The number of nitrogens with one attached hydrogen (secondary N) is 1. The largest absolute Gasteiger partial charge is 0.435 e. The van der Waals surface area contributed by atoms with Crippen LogP contribution in [-0.2, 0) is 17.5 Å². The van der Waals surface area contributed by atoms with Crippen molar-refractivity contribution in [1.82, 2.24) is 19.6 Å². The number of halogens is 3. The number of nitrogens with zero attached hydrogens (tertiary/aromatic N) is 4. The first kappa shape index (κ1) is 20.2. The van der Waals surface area contributed by atoms with Crippen LogP contribution in [0.2, 0.25) is 0 Å². The Balaban J connectivity index is 1.47. The van der Waals surface area contributed by atoms with E-state index in [0.29, 0.717) is 17.9 Å². The number of aryl methyl sites for hydroxylation is 1. The van der Waals surface area contributed by atoms with Gasteiger partial charge < -0.3 is 5.32 Å². The van der Waals surface area contributed by atoms with Crippen LogP contribution < -0.4 is 5.32 Å². The zero-order valence-electron chi connectivity index (χ0n) is 16.6. The van der Waals surface area contributed by atoms with E-state index in [-0.39, 0.29) is 5.92 Å². The molecule has 158 valence electrons. The predicted octanol–water partition coefficient (Wildman–Crippen LogP) is 4.53. The Kier molecular flexibility index (Phi) is 5.13. The summed E-state index contributed by atoms with van der Waals surface area (Å²) in [6, 6.07) is 8.20. The van der Waals surface area contributed by atoms with Crippen LogP contribution >= 0.6 is 0 Å². The van der Waals surface area contributed by atoms with Crippen LogP contribution in [0, 0.1) is 6.92 Å². The first-order valence-corrected chi connectivity index (χ1v) is 9.76. The van der Waals surface area contributed by atoms with Gasteiger partial charge in [-0.3, -0.25) is 14.2 Å². The van der Waals surface area contributed by atoms with E-state index >= 15 is 0 Å². The van der Waals surface area contributed by atoms with Crippen LogP contribution in [0.15, 0.2) is 42.7 Å². The Morgan fingerprint density at radius 3 is 2.73 bits per heavy atom. The molecule has 6 nitrogen and oxygen atoms in total. The zero-order valence-corrected chi connectivity index (χ0v) is 16.6. The van der Waals surface area contributed by atoms with Gasteiger partial charge in [0, 0.05) is 17.8 Å². The van der Waals surface area contributed by atoms with Crippen molar-refractivity contribution in [2.24, 2.45) is 0 Å². The van der Waals surface area contributed by atoms with Gasteiger partial charge in [-0.15, -0.1) is 0 Å². The number of anilines is 1. The smallest absolute Gasteiger partial charge is 0.322 e. The van der Waals surface area contributed by atoms with Crippen molar-refractivity contribution in [1.29, 1.82) is 0 Å². The molecule has 0 saturated heterocycles. The molecule has 0 radical (unpaired) electrons. The van der Waals surface area contributed by atoms with Crippen molar-refractivity contribution in [2.75, 3.05) is 5.32 Å². The highest BCUT2D eigenvalue weighted by Gasteiger charge is 2.39. The normalized spacial score (nSPS) is 15.2. The second-order valence-electron chi connectivity index (χ2n) is 7.75. The van der Waals surface area contributed by atoms with Crippen LogP contribution in [0.5, 0.6) is 0 Å². The molecule has 1 N–H and O–H groups in total. The lowest BCUT2D eigenvalue weighted by atomic mass is 10.1. The van der Waals surface area contributed by atoms with Crippen LogP contribution in [0.4, 0.5) is 18.9 Å². The van der Waals surface area contributed by atoms with Gasteiger partial charge in [0.15, 0.2) is 5.69 Å². The lowest BCUT2D eigenvalue weighted by Crippen LogP contribution is -2.26. The maximum absolute atomic E-state index is 13.1. The van der Waals surface area contributed by atoms with Crippen molar-refractivity contribution in [3.8, 4) is 0 Å². The van der Waals surface area contributed by atoms with Crippen LogP contribution in [-0.4, -0.2) is 25.5 Å². The molecule has 1 saturated carbocycles. The second kappa shape index (κ2) is 7.62. The van der Waals surface area contributed by atoms with Crippen molar-refractivity contribution in [3.63, 3.8) is 0 Å². The molecule has 3 aromatic rings. The molecule has 9 heteroatoms. The average molecular weight is 417 g/mol. The Bertz CT molecular complexity index is 1060. The van der Waals surface area contributed by atoms with E-state index < -0.39 is 23.8 Å². The highest BCUT2D eigenvalue weighted by molar-refractivity contribution is 5.93. The summed E-state index contributed by atoms with van der Waals surface area (Å²) in [4.78, 5) is 12.7. The third-order valence-corrected chi connectivity index (χ3v) is 5.12. The summed E-state index contributed by atoms with van der Waals surface area (Å²) < 4.78 is 42.2. The van der Waals surface area contributed by atoms with E-state index in [4.69, 9.17) is 0 Å². The quantitative estimate of drug-likeness (QED) is 0.641. The number of benzene rings is 1. The molecule has 1 aliphatic carbocycles. The van der Waals surface area contributed by atoms with Crippen LogP contribution in [0.25, 0.3) is 0 Å². The zero-order chi connectivity index (χ0) is 21.5. The minimum Gasteiger partial charge on any atom is -0.322 e. The molecule has 2 heterocycles. The summed E-state index contributed by atoms with van der Waals surface area (Å²) in [5.74, 6) is -0.412. The summed E-state index contributed by atoms with van der Waals surface area (Å²) in [6.07, 6.45) is 0.291. The summed E-state index contributed by atoms with van der Waals surface area (Å²) in [7, 11) is 0. The van der Waals surface area contributed by atoms with E-state index in [9.17, 15) is 18.0 Å². The van der Waals surface area contributed by atoms with E-state index in [1.54, 1.807) is 17.8 Å². The van der Waals surface area contributed by atoms with Gasteiger partial charge in [0.1, 0.15) is 6.04 Å². The predicted molar refractivity (Wildman–Crippen MR) is 105 cm³/mol. The molecule has 0 spiro atoms. The average Bonchev–Trinajstić information content (AvgIpc) is 3.26. The minimum atomic E-state index is -4.54. The number of aromatic nitrogens is 4. The Morgan fingerprint density at radius 1 is 1.30 bits per heavy atom. The molecular formula is C21H22F3N5O. The molecule has 1 amide bonds. The molecule has 30 heavy (non-hydrogen) atoms. The fourth-order valence-electron chi connectivity index (χ4n) is 3.41. The summed E-state index contributed by atoms with van der Waals surface area (Å²) >= 11 is 0. The molecule has 2 aromatic heterocycles. The standard InChI is InChI=1S/C21H22F3N5O/c1-13-4-3-5-15(8-13)11-28-12-17(10-25-28)26-20(30)14(2)29-18(16-6-7-16)9-19(27-29)21(22,23)24/h3-5,8-10,12,14,16H,6-7,11H2,1-2H3,(H,26,30). The van der Waals surface area contributed by atoms with Gasteiger partial charge in [0.05, 0.1) is 18.4 Å². The Labute approximate surface area is 171 Å². The molecule has 1 atom stereocenters. The van der Waals surface area contributed by atoms with Crippen LogP contribution in [0.3, 0.4) is 0 Å². The van der Waals surface area contributed by atoms with Gasteiger partial charge >= 0.3 is 6.18 Å². The van der Waals surface area contributed by atoms with Gasteiger partial charge in [-0.1, -0.05) is 29.8 Å². The third-order valence-electron chi connectivity index (χ3n) is 5.12.